The Labute approximate surface area is 317 Å². The number of aliphatic hydroxyl groups is 2. The van der Waals surface area contributed by atoms with Crippen LogP contribution in [-0.2, 0) is 32.7 Å². The van der Waals surface area contributed by atoms with Crippen LogP contribution < -0.4 is 0 Å². The molecular weight excluding hydrogens is 683 g/mol. The summed E-state index contributed by atoms with van der Waals surface area (Å²) in [5, 5.41) is 18.3. The fourth-order valence-electron chi connectivity index (χ4n) is 5.87. The Morgan fingerprint density at radius 2 is 0.942 bits per heavy atom. The highest BCUT2D eigenvalue weighted by atomic mass is 31.2. The van der Waals surface area contributed by atoms with Crippen LogP contribution in [0.5, 0.6) is 0 Å². The monoisotopic (exact) mass is 763 g/mol. The molecular formula is C41H79O10P. The lowest BCUT2D eigenvalue weighted by Crippen LogP contribution is -2.29. The second kappa shape index (κ2) is 38.0. The number of phosphoric acid groups is 1. The third kappa shape index (κ3) is 37.0. The van der Waals surface area contributed by atoms with Gasteiger partial charge in [0.1, 0.15) is 12.7 Å². The molecule has 0 aromatic rings. The normalized spacial score (nSPS) is 14.0. The maximum atomic E-state index is 12.6. The van der Waals surface area contributed by atoms with Crippen LogP contribution in [0, 0.1) is 0 Å². The smallest absolute Gasteiger partial charge is 0.462 e. The van der Waals surface area contributed by atoms with E-state index in [1.54, 1.807) is 0 Å². The van der Waals surface area contributed by atoms with E-state index < -0.39 is 51.8 Å². The zero-order chi connectivity index (χ0) is 38.4. The molecule has 0 aliphatic heterocycles. The zero-order valence-electron chi connectivity index (χ0n) is 33.3. The highest BCUT2D eigenvalue weighted by Gasteiger charge is 2.27. The summed E-state index contributed by atoms with van der Waals surface area (Å²) in [4.78, 5) is 34.9. The summed E-state index contributed by atoms with van der Waals surface area (Å²) < 4.78 is 32.7. The van der Waals surface area contributed by atoms with Gasteiger partial charge in [0.15, 0.2) is 6.10 Å². The van der Waals surface area contributed by atoms with Crippen molar-refractivity contribution in [1.29, 1.82) is 0 Å². The first-order valence-electron chi connectivity index (χ1n) is 21.1. The van der Waals surface area contributed by atoms with Gasteiger partial charge in [-0.05, 0) is 38.5 Å². The molecule has 0 bridgehead atoms. The van der Waals surface area contributed by atoms with Crippen LogP contribution in [0.25, 0.3) is 0 Å². The summed E-state index contributed by atoms with van der Waals surface area (Å²) in [7, 11) is -4.61. The molecule has 0 aliphatic rings. The van der Waals surface area contributed by atoms with E-state index in [-0.39, 0.29) is 19.4 Å². The first-order valence-corrected chi connectivity index (χ1v) is 22.6. The van der Waals surface area contributed by atoms with Crippen LogP contribution in [-0.4, -0.2) is 65.7 Å². The predicted octanol–water partition coefficient (Wildman–Crippen LogP) is 10.8. The van der Waals surface area contributed by atoms with Crippen LogP contribution in [0.2, 0.25) is 0 Å². The van der Waals surface area contributed by atoms with Crippen molar-refractivity contribution in [1.82, 2.24) is 0 Å². The number of phosphoric ester groups is 1. The minimum atomic E-state index is -4.61. The van der Waals surface area contributed by atoms with Gasteiger partial charge in [0, 0.05) is 12.8 Å². The number of allylic oxidation sites excluding steroid dienone is 2. The highest BCUT2D eigenvalue weighted by molar-refractivity contribution is 7.47. The number of hydrogen-bond donors (Lipinski definition) is 3. The minimum absolute atomic E-state index is 0.178. The standard InChI is InChI=1S/C41H79O10P/c1-3-5-7-9-11-13-15-17-19-21-23-25-27-29-31-33-41(45)51-39(37-50-52(46,47)49-35-38(43)34-42)36-48-40(44)32-30-28-26-24-22-20-18-16-14-12-10-8-6-4-2/h17,19,38-39,42-43H,3-16,18,20-37H2,1-2H3,(H,46,47)/b19-17-. The zero-order valence-corrected chi connectivity index (χ0v) is 34.2. The molecule has 0 saturated carbocycles. The molecule has 0 aliphatic carbocycles. The molecule has 0 radical (unpaired) electrons. The first-order chi connectivity index (χ1) is 25.2. The van der Waals surface area contributed by atoms with Gasteiger partial charge in [-0.3, -0.25) is 18.6 Å². The van der Waals surface area contributed by atoms with Crippen LogP contribution in [0.3, 0.4) is 0 Å². The Bertz CT molecular complexity index is 884. The molecule has 10 nitrogen and oxygen atoms in total. The van der Waals surface area contributed by atoms with E-state index in [1.807, 2.05) is 0 Å². The van der Waals surface area contributed by atoms with Gasteiger partial charge in [0.05, 0.1) is 19.8 Å². The highest BCUT2D eigenvalue weighted by Crippen LogP contribution is 2.43. The van der Waals surface area contributed by atoms with Crippen molar-refractivity contribution in [2.75, 3.05) is 26.4 Å². The summed E-state index contributed by atoms with van der Waals surface area (Å²) in [6.07, 6.45) is 34.6. The number of aliphatic hydroxyl groups excluding tert-OH is 2. The Balaban J connectivity index is 4.30. The molecule has 308 valence electrons. The van der Waals surface area contributed by atoms with Gasteiger partial charge >= 0.3 is 19.8 Å². The number of carbonyl (C=O) groups excluding carboxylic acids is 2. The summed E-state index contributed by atoms with van der Waals surface area (Å²) in [6, 6.07) is 0. The average molecular weight is 763 g/mol. The van der Waals surface area contributed by atoms with Gasteiger partial charge in [0.2, 0.25) is 0 Å². The fraction of sp³-hybridized carbons (Fsp3) is 0.902. The van der Waals surface area contributed by atoms with Crippen LogP contribution in [0.1, 0.15) is 200 Å². The second-order valence-corrected chi connectivity index (χ2v) is 15.8. The number of rotatable bonds is 40. The van der Waals surface area contributed by atoms with E-state index in [0.717, 1.165) is 57.8 Å². The third-order valence-electron chi connectivity index (χ3n) is 9.17. The van der Waals surface area contributed by atoms with Crippen molar-refractivity contribution in [3.05, 3.63) is 12.2 Å². The van der Waals surface area contributed by atoms with Crippen molar-refractivity contribution in [2.24, 2.45) is 0 Å². The van der Waals surface area contributed by atoms with Crippen LogP contribution in [0.15, 0.2) is 12.2 Å². The van der Waals surface area contributed by atoms with Gasteiger partial charge in [-0.25, -0.2) is 4.57 Å². The van der Waals surface area contributed by atoms with E-state index in [2.05, 4.69) is 30.5 Å². The molecule has 3 N–H and O–H groups in total. The molecule has 0 aromatic carbocycles. The van der Waals surface area contributed by atoms with E-state index in [0.29, 0.717) is 12.8 Å². The molecule has 0 rings (SSSR count). The Morgan fingerprint density at radius 1 is 0.558 bits per heavy atom. The van der Waals surface area contributed by atoms with E-state index in [4.69, 9.17) is 19.1 Å². The molecule has 0 aromatic heterocycles. The lowest BCUT2D eigenvalue weighted by atomic mass is 10.0. The fourth-order valence-corrected chi connectivity index (χ4v) is 6.66. The Kier molecular flexibility index (Phi) is 37.1. The van der Waals surface area contributed by atoms with Gasteiger partial charge in [-0.2, -0.15) is 0 Å². The number of carbonyl (C=O) groups is 2. The van der Waals surface area contributed by atoms with Gasteiger partial charge in [-0.1, -0.05) is 161 Å². The largest absolute Gasteiger partial charge is 0.472 e. The summed E-state index contributed by atoms with van der Waals surface area (Å²) in [5.74, 6) is -0.926. The second-order valence-electron chi connectivity index (χ2n) is 14.4. The molecule has 0 amide bonds. The maximum absolute atomic E-state index is 12.6. The molecule has 0 fully saturated rings. The van der Waals surface area contributed by atoms with Crippen molar-refractivity contribution in [3.63, 3.8) is 0 Å². The lowest BCUT2D eigenvalue weighted by molar-refractivity contribution is -0.161. The van der Waals surface area contributed by atoms with E-state index in [1.165, 1.54) is 103 Å². The van der Waals surface area contributed by atoms with Gasteiger partial charge < -0.3 is 24.6 Å². The van der Waals surface area contributed by atoms with Gasteiger partial charge in [-0.15, -0.1) is 0 Å². The number of esters is 2. The maximum Gasteiger partial charge on any atom is 0.472 e. The third-order valence-corrected chi connectivity index (χ3v) is 10.1. The summed E-state index contributed by atoms with van der Waals surface area (Å²) >= 11 is 0. The number of unbranched alkanes of at least 4 members (excludes halogenated alkanes) is 24. The Morgan fingerprint density at radius 3 is 1.38 bits per heavy atom. The number of hydrogen-bond acceptors (Lipinski definition) is 9. The quantitative estimate of drug-likeness (QED) is 0.0238. The number of ether oxygens (including phenoxy) is 2. The lowest BCUT2D eigenvalue weighted by Gasteiger charge is -2.20. The summed E-state index contributed by atoms with van der Waals surface area (Å²) in [5.41, 5.74) is 0. The van der Waals surface area contributed by atoms with Gasteiger partial charge in [0.25, 0.3) is 0 Å². The minimum Gasteiger partial charge on any atom is -0.462 e. The van der Waals surface area contributed by atoms with Crippen molar-refractivity contribution < 1.29 is 47.8 Å². The molecule has 3 unspecified atom stereocenters. The molecule has 0 spiro atoms. The predicted molar refractivity (Wildman–Crippen MR) is 210 cm³/mol. The van der Waals surface area contributed by atoms with Crippen LogP contribution in [0.4, 0.5) is 0 Å². The van der Waals surface area contributed by atoms with Crippen molar-refractivity contribution >= 4 is 19.8 Å². The van der Waals surface area contributed by atoms with Crippen LogP contribution >= 0.6 is 7.82 Å². The average Bonchev–Trinajstić information content (AvgIpc) is 3.13. The van der Waals surface area contributed by atoms with Crippen molar-refractivity contribution in [2.45, 2.75) is 212 Å². The first kappa shape index (κ1) is 50.7. The molecule has 3 atom stereocenters. The Hall–Kier alpha value is -1.29. The van der Waals surface area contributed by atoms with Crippen molar-refractivity contribution in [3.8, 4) is 0 Å². The molecule has 0 heterocycles. The molecule has 52 heavy (non-hydrogen) atoms. The van der Waals surface area contributed by atoms with E-state index >= 15 is 0 Å². The van der Waals surface area contributed by atoms with E-state index in [9.17, 15) is 24.2 Å². The summed E-state index contributed by atoms with van der Waals surface area (Å²) in [6.45, 7) is 2.38. The molecule has 11 heteroatoms. The SMILES string of the molecule is CCCCCCCC/C=C\CCCCCCCC(=O)OC(COC(=O)CCCCCCCCCCCCCCCC)COP(=O)(O)OCC(O)CO. The molecule has 0 saturated heterocycles. The topological polar surface area (TPSA) is 149 Å².